The Bertz CT molecular complexity index is 577. The molecule has 0 radical (unpaired) electrons. The van der Waals surface area contributed by atoms with Gasteiger partial charge < -0.3 is 0 Å². The summed E-state index contributed by atoms with van der Waals surface area (Å²) in [6.45, 7) is 0. The maximum atomic E-state index is 9.23. The van der Waals surface area contributed by atoms with Gasteiger partial charge in [0.25, 0.3) is 0 Å². The summed E-state index contributed by atoms with van der Waals surface area (Å²) in [5.41, 5.74) is 3.44. The van der Waals surface area contributed by atoms with Crippen LogP contribution in [0.15, 0.2) is 54.6 Å². The van der Waals surface area contributed by atoms with E-state index in [1.807, 2.05) is 30.3 Å². The van der Waals surface area contributed by atoms with Crippen LogP contribution in [-0.4, -0.2) is 6.04 Å². The summed E-state index contributed by atoms with van der Waals surface area (Å²) in [6, 6.07) is 21.2. The van der Waals surface area contributed by atoms with E-state index in [1.54, 1.807) is 0 Å². The first kappa shape index (κ1) is 12.0. The van der Waals surface area contributed by atoms with Crippen LogP contribution in [0.5, 0.6) is 0 Å². The Morgan fingerprint density at radius 3 is 2.16 bits per heavy atom. The SMILES string of the molecule is N#CC(NC1CC1)c1ccc(-c2ccccc2)cc1. The average Bonchev–Trinajstić information content (AvgIpc) is 3.30. The fourth-order valence-electron chi connectivity index (χ4n) is 2.19. The van der Waals surface area contributed by atoms with E-state index in [9.17, 15) is 5.26 Å². The van der Waals surface area contributed by atoms with Gasteiger partial charge in [-0.15, -0.1) is 0 Å². The molecule has 2 nitrogen and oxygen atoms in total. The zero-order valence-corrected chi connectivity index (χ0v) is 10.7. The highest BCUT2D eigenvalue weighted by Crippen LogP contribution is 2.25. The van der Waals surface area contributed by atoms with Gasteiger partial charge in [0.1, 0.15) is 6.04 Å². The third-order valence-corrected chi connectivity index (χ3v) is 3.46. The minimum absolute atomic E-state index is 0.183. The number of nitrogens with one attached hydrogen (secondary N) is 1. The molecule has 1 aliphatic carbocycles. The van der Waals surface area contributed by atoms with Crippen molar-refractivity contribution in [3.8, 4) is 17.2 Å². The fraction of sp³-hybridized carbons (Fsp3) is 0.235. The Morgan fingerprint density at radius 1 is 0.947 bits per heavy atom. The summed E-state index contributed by atoms with van der Waals surface area (Å²) in [7, 11) is 0. The number of hydrogen-bond acceptors (Lipinski definition) is 2. The highest BCUT2D eigenvalue weighted by molar-refractivity contribution is 5.63. The molecular weight excluding hydrogens is 232 g/mol. The van der Waals surface area contributed by atoms with E-state index in [1.165, 1.54) is 24.0 Å². The lowest BCUT2D eigenvalue weighted by Crippen LogP contribution is -2.21. The van der Waals surface area contributed by atoms with Crippen LogP contribution in [0.25, 0.3) is 11.1 Å². The number of hydrogen-bond donors (Lipinski definition) is 1. The Balaban J connectivity index is 1.80. The lowest BCUT2D eigenvalue weighted by molar-refractivity contribution is 0.626. The summed E-state index contributed by atoms with van der Waals surface area (Å²) in [6.07, 6.45) is 2.39. The summed E-state index contributed by atoms with van der Waals surface area (Å²) < 4.78 is 0. The van der Waals surface area contributed by atoms with E-state index in [4.69, 9.17) is 0 Å². The molecule has 19 heavy (non-hydrogen) atoms. The van der Waals surface area contributed by atoms with Crippen molar-refractivity contribution in [2.45, 2.75) is 24.9 Å². The van der Waals surface area contributed by atoms with Gasteiger partial charge >= 0.3 is 0 Å². The summed E-state index contributed by atoms with van der Waals surface area (Å²) in [5.74, 6) is 0. The highest BCUT2D eigenvalue weighted by atomic mass is 15.0. The van der Waals surface area contributed by atoms with Gasteiger partial charge in [0, 0.05) is 6.04 Å². The van der Waals surface area contributed by atoms with Gasteiger partial charge in [-0.3, -0.25) is 5.32 Å². The molecule has 2 aromatic rings. The Morgan fingerprint density at radius 2 is 1.58 bits per heavy atom. The van der Waals surface area contributed by atoms with Crippen molar-refractivity contribution in [3.63, 3.8) is 0 Å². The second-order valence-corrected chi connectivity index (χ2v) is 4.99. The molecule has 1 unspecified atom stereocenters. The number of rotatable bonds is 4. The van der Waals surface area contributed by atoms with Crippen molar-refractivity contribution < 1.29 is 0 Å². The van der Waals surface area contributed by atoms with Crippen molar-refractivity contribution in [2.24, 2.45) is 0 Å². The zero-order valence-electron chi connectivity index (χ0n) is 10.7. The maximum absolute atomic E-state index is 9.23. The van der Waals surface area contributed by atoms with Crippen LogP contribution < -0.4 is 5.32 Å². The summed E-state index contributed by atoms with van der Waals surface area (Å²) in [4.78, 5) is 0. The molecule has 0 bridgehead atoms. The minimum atomic E-state index is -0.183. The Hall–Kier alpha value is -2.11. The highest BCUT2D eigenvalue weighted by Gasteiger charge is 2.25. The number of nitriles is 1. The van der Waals surface area contributed by atoms with Crippen LogP contribution in [0.3, 0.4) is 0 Å². The van der Waals surface area contributed by atoms with Crippen molar-refractivity contribution in [1.82, 2.24) is 5.32 Å². The molecule has 94 valence electrons. The van der Waals surface area contributed by atoms with Crippen LogP contribution in [-0.2, 0) is 0 Å². The molecule has 3 rings (SSSR count). The van der Waals surface area contributed by atoms with Gasteiger partial charge in [0.05, 0.1) is 6.07 Å². The third kappa shape index (κ3) is 2.83. The van der Waals surface area contributed by atoms with Gasteiger partial charge in [0.2, 0.25) is 0 Å². The quantitative estimate of drug-likeness (QED) is 0.896. The van der Waals surface area contributed by atoms with Gasteiger partial charge in [-0.05, 0) is 29.5 Å². The van der Waals surface area contributed by atoms with Crippen LogP contribution in [0.1, 0.15) is 24.4 Å². The number of benzene rings is 2. The maximum Gasteiger partial charge on any atom is 0.121 e. The topological polar surface area (TPSA) is 35.8 Å². The smallest absolute Gasteiger partial charge is 0.121 e. The van der Waals surface area contributed by atoms with E-state index in [0.717, 1.165) is 5.56 Å². The monoisotopic (exact) mass is 248 g/mol. The van der Waals surface area contributed by atoms with Crippen LogP contribution in [0, 0.1) is 11.3 Å². The molecule has 1 fully saturated rings. The average molecular weight is 248 g/mol. The van der Waals surface area contributed by atoms with Crippen LogP contribution in [0.2, 0.25) is 0 Å². The molecule has 0 amide bonds. The molecule has 1 N–H and O–H groups in total. The molecular formula is C17H16N2. The third-order valence-electron chi connectivity index (χ3n) is 3.46. The van der Waals surface area contributed by atoms with E-state index < -0.39 is 0 Å². The molecule has 0 saturated heterocycles. The van der Waals surface area contributed by atoms with E-state index >= 15 is 0 Å². The zero-order chi connectivity index (χ0) is 13.1. The molecule has 2 heteroatoms. The molecule has 1 saturated carbocycles. The first-order valence-electron chi connectivity index (χ1n) is 6.68. The summed E-state index contributed by atoms with van der Waals surface area (Å²) in [5, 5.41) is 12.6. The first-order valence-corrected chi connectivity index (χ1v) is 6.68. The molecule has 0 aliphatic heterocycles. The second kappa shape index (κ2) is 5.26. The Labute approximate surface area is 113 Å². The normalized spacial score (nSPS) is 15.7. The van der Waals surface area contributed by atoms with Gasteiger partial charge in [-0.25, -0.2) is 0 Å². The predicted octanol–water partition coefficient (Wildman–Crippen LogP) is 3.67. The predicted molar refractivity (Wildman–Crippen MR) is 76.4 cm³/mol. The van der Waals surface area contributed by atoms with Crippen LogP contribution in [0.4, 0.5) is 0 Å². The first-order chi connectivity index (χ1) is 9.36. The molecule has 2 aromatic carbocycles. The summed E-state index contributed by atoms with van der Waals surface area (Å²) >= 11 is 0. The van der Waals surface area contributed by atoms with Gasteiger partial charge in [0.15, 0.2) is 0 Å². The fourth-order valence-corrected chi connectivity index (χ4v) is 2.19. The van der Waals surface area contributed by atoms with Crippen molar-refractivity contribution in [2.75, 3.05) is 0 Å². The Kier molecular flexibility index (Phi) is 3.31. The lowest BCUT2D eigenvalue weighted by Gasteiger charge is -2.11. The second-order valence-electron chi connectivity index (χ2n) is 4.99. The van der Waals surface area contributed by atoms with E-state index in [0.29, 0.717) is 6.04 Å². The van der Waals surface area contributed by atoms with Gasteiger partial charge in [-0.1, -0.05) is 54.6 Å². The lowest BCUT2D eigenvalue weighted by atomic mass is 10.0. The number of nitrogens with zero attached hydrogens (tertiary/aromatic N) is 1. The molecule has 0 spiro atoms. The van der Waals surface area contributed by atoms with Crippen molar-refractivity contribution in [1.29, 1.82) is 5.26 Å². The molecule has 0 aromatic heterocycles. The van der Waals surface area contributed by atoms with E-state index in [-0.39, 0.29) is 6.04 Å². The molecule has 1 aliphatic rings. The van der Waals surface area contributed by atoms with Crippen molar-refractivity contribution in [3.05, 3.63) is 60.2 Å². The van der Waals surface area contributed by atoms with Gasteiger partial charge in [-0.2, -0.15) is 5.26 Å². The van der Waals surface area contributed by atoms with Crippen LogP contribution >= 0.6 is 0 Å². The van der Waals surface area contributed by atoms with Crippen molar-refractivity contribution >= 4 is 0 Å². The standard InChI is InChI=1S/C17H16N2/c18-12-17(19-16-10-11-16)15-8-6-14(7-9-15)13-4-2-1-3-5-13/h1-9,16-17,19H,10-11H2. The molecule has 0 heterocycles. The molecule has 1 atom stereocenters. The largest absolute Gasteiger partial charge is 0.295 e. The minimum Gasteiger partial charge on any atom is -0.295 e. The van der Waals surface area contributed by atoms with E-state index in [2.05, 4.69) is 35.7 Å².